The molecule has 5 rings (SSSR count). The van der Waals surface area contributed by atoms with Crippen LogP contribution in [0.2, 0.25) is 16.6 Å². The van der Waals surface area contributed by atoms with Crippen LogP contribution in [0.1, 0.15) is 118 Å². The first kappa shape index (κ1) is 42.5. The highest BCUT2D eigenvalue weighted by Crippen LogP contribution is 2.53. The number of hydrogen-bond donors (Lipinski definition) is 1. The van der Waals surface area contributed by atoms with Gasteiger partial charge in [-0.25, -0.2) is 0 Å². The van der Waals surface area contributed by atoms with Crippen molar-refractivity contribution in [2.75, 3.05) is 20.3 Å². The minimum Gasteiger partial charge on any atom is -0.410 e. The third kappa shape index (κ3) is 9.16. The maximum absolute atomic E-state index is 10.3. The first-order chi connectivity index (χ1) is 25.2. The highest BCUT2D eigenvalue weighted by Gasteiger charge is 2.62. The average molecular weight is 755 g/mol. The van der Waals surface area contributed by atoms with Crippen LogP contribution in [-0.4, -0.2) is 80.8 Å². The monoisotopic (exact) mass is 754 g/mol. The molecule has 1 N–H and O–H groups in total. The molecule has 3 heterocycles. The van der Waals surface area contributed by atoms with E-state index in [0.717, 1.165) is 31.2 Å². The van der Waals surface area contributed by atoms with Crippen LogP contribution in [-0.2, 0) is 46.1 Å². The summed E-state index contributed by atoms with van der Waals surface area (Å²) in [4.78, 5) is 0. The Labute approximate surface area is 321 Å². The number of aliphatic hydroxyl groups excluding tert-OH is 1. The van der Waals surface area contributed by atoms with Gasteiger partial charge in [-0.15, -0.1) is 0 Å². The summed E-state index contributed by atoms with van der Waals surface area (Å²) in [6.45, 7) is 22.2. The summed E-state index contributed by atoms with van der Waals surface area (Å²) in [6.07, 6.45) is 4.03. The molecule has 3 aliphatic heterocycles. The Hall–Kier alpha value is -1.66. The van der Waals surface area contributed by atoms with Crippen molar-refractivity contribution in [1.82, 2.24) is 0 Å². The van der Waals surface area contributed by atoms with Crippen LogP contribution >= 0.6 is 0 Å². The molecule has 0 aromatic heterocycles. The van der Waals surface area contributed by atoms with Gasteiger partial charge in [0.25, 0.3) is 0 Å². The fourth-order valence-corrected chi connectivity index (χ4v) is 15.6. The quantitative estimate of drug-likeness (QED) is 0.126. The molecular weight excluding hydrogens is 685 g/mol. The number of ether oxygens (including phenoxy) is 6. The fourth-order valence-electron chi connectivity index (χ4n) is 9.90. The third-order valence-corrected chi connectivity index (χ3v) is 19.1. The lowest BCUT2D eigenvalue weighted by molar-refractivity contribution is -0.350. The molecule has 3 saturated heterocycles. The molecule has 0 saturated carbocycles. The maximum atomic E-state index is 10.3. The predicted octanol–water partition coefficient (Wildman–Crippen LogP) is 9.52. The lowest BCUT2D eigenvalue weighted by Crippen LogP contribution is -2.68. The summed E-state index contributed by atoms with van der Waals surface area (Å²) in [5.41, 5.74) is 1.57. The lowest BCUT2D eigenvalue weighted by Gasteiger charge is -2.58. The van der Waals surface area contributed by atoms with Gasteiger partial charge in [-0.2, -0.15) is 0 Å². The molecule has 0 radical (unpaired) electrons. The summed E-state index contributed by atoms with van der Waals surface area (Å²) in [5, 5.41) is 10.3. The van der Waals surface area contributed by atoms with E-state index in [9.17, 15) is 5.11 Å². The lowest BCUT2D eigenvalue weighted by atomic mass is 9.76. The van der Waals surface area contributed by atoms with Crippen molar-refractivity contribution in [2.24, 2.45) is 0 Å². The molecule has 2 aromatic carbocycles. The third-order valence-electron chi connectivity index (χ3n) is 13.0. The van der Waals surface area contributed by atoms with Crippen LogP contribution in [0.5, 0.6) is 0 Å². The molecule has 298 valence electrons. The van der Waals surface area contributed by atoms with Crippen LogP contribution in [0.15, 0.2) is 60.7 Å². The van der Waals surface area contributed by atoms with Gasteiger partial charge in [0.15, 0.2) is 5.79 Å². The number of methoxy groups -OCH3 is 1. The Morgan fingerprint density at radius 2 is 1.34 bits per heavy atom. The largest absolute Gasteiger partial charge is 0.410 e. The van der Waals surface area contributed by atoms with Crippen molar-refractivity contribution in [2.45, 2.75) is 184 Å². The normalized spacial score (nSPS) is 32.8. The van der Waals surface area contributed by atoms with E-state index in [0.29, 0.717) is 55.7 Å². The fraction of sp³-hybridized carbons (Fsp3) is 0.727. The molecule has 8 nitrogen and oxygen atoms in total. The van der Waals surface area contributed by atoms with Crippen molar-refractivity contribution < 1.29 is 38.0 Å². The molecule has 0 amide bonds. The second kappa shape index (κ2) is 17.6. The van der Waals surface area contributed by atoms with Gasteiger partial charge in [-0.3, -0.25) is 0 Å². The number of rotatable bonds is 17. The van der Waals surface area contributed by atoms with Crippen LogP contribution in [0, 0.1) is 0 Å². The number of fused-ring (bicyclic) bond motifs is 2. The Balaban J connectivity index is 1.49. The van der Waals surface area contributed by atoms with Gasteiger partial charge in [0, 0.05) is 26.6 Å². The molecule has 53 heavy (non-hydrogen) atoms. The second-order valence-electron chi connectivity index (χ2n) is 17.6. The van der Waals surface area contributed by atoms with E-state index in [1.165, 1.54) is 5.56 Å². The van der Waals surface area contributed by atoms with E-state index < -0.39 is 30.9 Å². The summed E-state index contributed by atoms with van der Waals surface area (Å²) >= 11 is 0. The molecule has 0 bridgehead atoms. The molecule has 3 fully saturated rings. The van der Waals surface area contributed by atoms with E-state index in [1.54, 1.807) is 7.11 Å². The molecule has 2 aromatic rings. The Kier molecular flexibility index (Phi) is 14.1. The van der Waals surface area contributed by atoms with Gasteiger partial charge >= 0.3 is 0 Å². The van der Waals surface area contributed by atoms with E-state index in [4.69, 9.17) is 32.8 Å². The topological polar surface area (TPSA) is 84.8 Å². The second-order valence-corrected chi connectivity index (χ2v) is 23.0. The van der Waals surface area contributed by atoms with Gasteiger partial charge < -0.3 is 38.0 Å². The van der Waals surface area contributed by atoms with Crippen molar-refractivity contribution in [3.63, 3.8) is 0 Å². The van der Waals surface area contributed by atoms with Gasteiger partial charge in [0.1, 0.15) is 5.60 Å². The molecule has 9 heteroatoms. The molecular formula is C44H70O8Si. The smallest absolute Gasteiger partial charge is 0.200 e. The van der Waals surface area contributed by atoms with Gasteiger partial charge in [-0.1, -0.05) is 102 Å². The predicted molar refractivity (Wildman–Crippen MR) is 212 cm³/mol. The molecule has 8 atom stereocenters. The van der Waals surface area contributed by atoms with Crippen molar-refractivity contribution in [1.29, 1.82) is 0 Å². The zero-order valence-corrected chi connectivity index (χ0v) is 35.4. The Bertz CT molecular complexity index is 1380. The average Bonchev–Trinajstić information content (AvgIpc) is 3.24. The van der Waals surface area contributed by atoms with Crippen molar-refractivity contribution >= 4 is 8.32 Å². The van der Waals surface area contributed by atoms with Crippen molar-refractivity contribution in [3.8, 4) is 0 Å². The zero-order chi connectivity index (χ0) is 38.5. The minimum absolute atomic E-state index is 0.192. The van der Waals surface area contributed by atoms with Crippen LogP contribution < -0.4 is 0 Å². The Morgan fingerprint density at radius 3 is 1.89 bits per heavy atom. The number of aliphatic hydroxyl groups is 1. The number of hydrogen-bond acceptors (Lipinski definition) is 8. The standard InChI is InChI=1S/C44H70O8Si/c1-32(2)53(33(3)4,34(5)6)51-39(22-17-27-47-29-35-18-13-11-14-19-35)43(9)40(48-30-36-20-15-12-16-21-36)28-42(8)38(49-43)24-23-37-41(7,52-42)25-26-44(31-45,46-10)50-37/h11-16,18-21,32-34,37-40,45H,17,22-31H2,1-10H3/t37-,38+,39-,40+,41+,42-,43-,44-/m0/s1. The van der Waals surface area contributed by atoms with E-state index >= 15 is 0 Å². The maximum Gasteiger partial charge on any atom is 0.200 e. The highest BCUT2D eigenvalue weighted by molar-refractivity contribution is 6.77. The van der Waals surface area contributed by atoms with E-state index in [1.807, 2.05) is 12.1 Å². The first-order valence-corrected chi connectivity index (χ1v) is 22.5. The van der Waals surface area contributed by atoms with Crippen LogP contribution in [0.25, 0.3) is 0 Å². The Morgan fingerprint density at radius 1 is 0.774 bits per heavy atom. The summed E-state index contributed by atoms with van der Waals surface area (Å²) in [5.74, 6) is -1.01. The summed E-state index contributed by atoms with van der Waals surface area (Å²) < 4.78 is 48.3. The van der Waals surface area contributed by atoms with Gasteiger partial charge in [-0.05, 0) is 80.6 Å². The number of benzene rings is 2. The van der Waals surface area contributed by atoms with E-state index in [2.05, 4.69) is 111 Å². The first-order valence-electron chi connectivity index (χ1n) is 20.3. The molecule has 3 aliphatic rings. The van der Waals surface area contributed by atoms with Crippen LogP contribution in [0.3, 0.4) is 0 Å². The minimum atomic E-state index is -2.36. The molecule has 0 spiro atoms. The SMILES string of the molecule is CO[C@@]1(CO)CC[C@@]2(C)O[C@@]3(C)C[C@@H](OCc4ccccc4)[C@](C)([C@H](CCCOCc4ccccc4)O[Si](C(C)C)(C(C)C)C(C)C)O[C@@H]3CC[C@@H]2O1. The summed E-state index contributed by atoms with van der Waals surface area (Å²) in [6, 6.07) is 20.8. The zero-order valence-electron chi connectivity index (χ0n) is 34.4. The van der Waals surface area contributed by atoms with Crippen LogP contribution in [0.4, 0.5) is 0 Å². The molecule has 0 aliphatic carbocycles. The summed E-state index contributed by atoms with van der Waals surface area (Å²) in [7, 11) is -0.745. The van der Waals surface area contributed by atoms with Gasteiger partial charge in [0.2, 0.25) is 8.32 Å². The van der Waals surface area contributed by atoms with Gasteiger partial charge in [0.05, 0.1) is 55.4 Å². The molecule has 0 unspecified atom stereocenters. The highest BCUT2D eigenvalue weighted by atomic mass is 28.4. The van der Waals surface area contributed by atoms with Crippen molar-refractivity contribution in [3.05, 3.63) is 71.8 Å². The van der Waals surface area contributed by atoms with E-state index in [-0.39, 0.29) is 31.0 Å².